The van der Waals surface area contributed by atoms with Crippen LogP contribution in [0, 0.1) is 0 Å². The Morgan fingerprint density at radius 2 is 1.46 bits per heavy atom. The van der Waals surface area contributed by atoms with Crippen molar-refractivity contribution in [2.75, 3.05) is 6.16 Å². The van der Waals surface area contributed by atoms with Gasteiger partial charge in [0.1, 0.15) is 23.4 Å². The van der Waals surface area contributed by atoms with Crippen LogP contribution in [0.5, 0.6) is 11.5 Å². The number of benzene rings is 2. The van der Waals surface area contributed by atoms with E-state index in [1.165, 1.54) is 0 Å². The van der Waals surface area contributed by atoms with Gasteiger partial charge in [-0.1, -0.05) is 30.3 Å². The quantitative estimate of drug-likeness (QED) is 0.364. The monoisotopic (exact) mass is 428 g/mol. The van der Waals surface area contributed by atoms with Crippen molar-refractivity contribution < 1.29 is 23.9 Å². The van der Waals surface area contributed by atoms with Crippen molar-refractivity contribution in [3.8, 4) is 11.5 Å². The van der Waals surface area contributed by atoms with E-state index in [0.717, 1.165) is 29.9 Å². The molecule has 0 aliphatic heterocycles. The number of aryl methyl sites for hydroxylation is 1. The molecule has 2 aromatic carbocycles. The van der Waals surface area contributed by atoms with E-state index in [9.17, 15) is 9.36 Å². The molecule has 0 amide bonds. The van der Waals surface area contributed by atoms with Gasteiger partial charge in [-0.25, -0.2) is 0 Å². The molecule has 0 fully saturated rings. The average Bonchev–Trinajstić information content (AvgIpc) is 2.52. The first-order valence-corrected chi connectivity index (χ1v) is 9.60. The van der Waals surface area contributed by atoms with Crippen molar-refractivity contribution >= 4 is 116 Å². The number of para-hydroxylation sites is 1. The Morgan fingerprint density at radius 3 is 2.04 bits per heavy atom. The minimum atomic E-state index is -4.23. The van der Waals surface area contributed by atoms with Crippen LogP contribution in [-0.4, -0.2) is 125 Å². The van der Waals surface area contributed by atoms with Gasteiger partial charge in [-0.15, -0.1) is 0 Å². The molecule has 0 saturated heterocycles. The molecule has 0 aromatic heterocycles. The summed E-state index contributed by atoms with van der Waals surface area (Å²) in [6.07, 6.45) is 1.79. The number of ketones is 1. The Labute approximate surface area is 239 Å². The van der Waals surface area contributed by atoms with E-state index in [1.54, 1.807) is 0 Å². The summed E-state index contributed by atoms with van der Waals surface area (Å²) in [6.45, 7) is 0. The number of Topliss-reactive ketones (excluding diaryl/α,β-unsaturated/α-hetero) is 1. The number of hydrogen-bond donors (Lipinski definition) is 2. The van der Waals surface area contributed by atoms with E-state index in [0.29, 0.717) is 6.42 Å². The molecule has 0 heterocycles. The zero-order valence-corrected chi connectivity index (χ0v) is 14.2. The van der Waals surface area contributed by atoms with Gasteiger partial charge in [0.25, 0.3) is 0 Å². The molecule has 0 saturated carbocycles. The third kappa shape index (κ3) is 12.0. The summed E-state index contributed by atoms with van der Waals surface area (Å²) in [5.74, 6) is 1.17. The number of ether oxygens (including phenoxy) is 1. The van der Waals surface area contributed by atoms with Crippen molar-refractivity contribution in [2.45, 2.75) is 25.7 Å². The number of rotatable bonds is 9. The van der Waals surface area contributed by atoms with E-state index in [2.05, 4.69) is 0 Å². The second-order valence-electron chi connectivity index (χ2n) is 5.63. The topological polar surface area (TPSA) is 83.8 Å². The fraction of sp³-hybridized carbons (Fsp3) is 0.278. The van der Waals surface area contributed by atoms with Gasteiger partial charge >= 0.3 is 110 Å². The standard InChI is InChI=1S/C18H21O5P.2K.2H/c19-16(14-24(20,21)22)7-5-4-6-15-10-12-18(13-11-15)23-17-8-2-1-3-9-17;;;;/h1-3,8-13H,4-7,14H2,(H2,20,21,22);;;;. The first kappa shape index (κ1) is 27.3. The van der Waals surface area contributed by atoms with Crippen molar-refractivity contribution in [1.29, 1.82) is 0 Å². The fourth-order valence-electron chi connectivity index (χ4n) is 2.31. The number of hydrogen-bond acceptors (Lipinski definition) is 3. The van der Waals surface area contributed by atoms with E-state index in [4.69, 9.17) is 14.5 Å². The molecule has 8 heteroatoms. The summed E-state index contributed by atoms with van der Waals surface area (Å²) in [6, 6.07) is 17.3. The molecule has 0 aliphatic carbocycles. The number of carbonyl (C=O) groups excluding carboxylic acids is 1. The van der Waals surface area contributed by atoms with Gasteiger partial charge in [0.2, 0.25) is 0 Å². The van der Waals surface area contributed by atoms with Crippen molar-refractivity contribution in [3.05, 3.63) is 60.2 Å². The first-order valence-electron chi connectivity index (χ1n) is 7.80. The van der Waals surface area contributed by atoms with Crippen LogP contribution in [0.25, 0.3) is 0 Å². The van der Waals surface area contributed by atoms with Gasteiger partial charge in [-0.05, 0) is 49.1 Å². The first-order chi connectivity index (χ1) is 11.4. The number of unbranched alkanes of at least 4 members (excludes halogenated alkanes) is 1. The Kier molecular flexibility index (Phi) is 15.1. The Bertz CT molecular complexity index is 701. The maximum absolute atomic E-state index is 11.4. The summed E-state index contributed by atoms with van der Waals surface area (Å²) >= 11 is 0. The molecule has 0 aliphatic rings. The summed E-state index contributed by atoms with van der Waals surface area (Å²) in [4.78, 5) is 28.8. The van der Waals surface area contributed by atoms with Gasteiger partial charge < -0.3 is 14.5 Å². The molecule has 0 atom stereocenters. The van der Waals surface area contributed by atoms with Gasteiger partial charge in [-0.2, -0.15) is 0 Å². The molecule has 2 rings (SSSR count). The van der Waals surface area contributed by atoms with Crippen LogP contribution in [0.4, 0.5) is 0 Å². The molecule has 132 valence electrons. The minimum absolute atomic E-state index is 0. The third-order valence-electron chi connectivity index (χ3n) is 3.46. The molecule has 2 aromatic rings. The van der Waals surface area contributed by atoms with Crippen LogP contribution in [0.2, 0.25) is 0 Å². The maximum atomic E-state index is 11.4. The molecule has 0 bridgehead atoms. The Morgan fingerprint density at radius 1 is 0.885 bits per heavy atom. The van der Waals surface area contributed by atoms with Crippen LogP contribution in [0.1, 0.15) is 24.8 Å². The summed E-state index contributed by atoms with van der Waals surface area (Å²) < 4.78 is 16.4. The zero-order valence-electron chi connectivity index (χ0n) is 13.3. The van der Waals surface area contributed by atoms with Crippen LogP contribution >= 0.6 is 7.60 Å². The summed E-state index contributed by atoms with van der Waals surface area (Å²) in [5, 5.41) is 0. The molecule has 26 heavy (non-hydrogen) atoms. The molecule has 0 unspecified atom stereocenters. The summed E-state index contributed by atoms with van der Waals surface area (Å²) in [7, 11) is -4.23. The van der Waals surface area contributed by atoms with Gasteiger partial charge in [0, 0.05) is 6.42 Å². The molecular weight excluding hydrogens is 405 g/mol. The third-order valence-corrected chi connectivity index (χ3v) is 4.22. The van der Waals surface area contributed by atoms with Crippen molar-refractivity contribution in [1.82, 2.24) is 0 Å². The predicted octanol–water partition coefficient (Wildman–Crippen LogP) is 2.64. The van der Waals surface area contributed by atoms with E-state index >= 15 is 0 Å². The van der Waals surface area contributed by atoms with E-state index in [1.807, 2.05) is 54.6 Å². The Hall–Kier alpha value is 1.33. The van der Waals surface area contributed by atoms with Crippen LogP contribution < -0.4 is 4.74 Å². The normalized spacial score (nSPS) is 10.4. The number of carbonyl (C=O) groups is 1. The average molecular weight is 429 g/mol. The van der Waals surface area contributed by atoms with E-state index < -0.39 is 13.8 Å². The van der Waals surface area contributed by atoms with E-state index in [-0.39, 0.29) is 115 Å². The van der Waals surface area contributed by atoms with Crippen LogP contribution in [-0.2, 0) is 15.8 Å². The van der Waals surface area contributed by atoms with Crippen LogP contribution in [0.3, 0.4) is 0 Å². The van der Waals surface area contributed by atoms with Gasteiger partial charge in [0.15, 0.2) is 0 Å². The van der Waals surface area contributed by atoms with Gasteiger partial charge in [0.05, 0.1) is 0 Å². The second kappa shape index (κ2) is 14.3. The fourth-order valence-corrected chi connectivity index (χ4v) is 2.93. The molecule has 2 N–H and O–H groups in total. The predicted molar refractivity (Wildman–Crippen MR) is 107 cm³/mol. The zero-order chi connectivity index (χ0) is 17.4. The molecule has 0 radical (unpaired) electrons. The second-order valence-corrected chi connectivity index (χ2v) is 7.27. The molecule has 5 nitrogen and oxygen atoms in total. The van der Waals surface area contributed by atoms with Crippen LogP contribution in [0.15, 0.2) is 54.6 Å². The van der Waals surface area contributed by atoms with Gasteiger partial charge in [-0.3, -0.25) is 9.36 Å². The summed E-state index contributed by atoms with van der Waals surface area (Å²) in [5.41, 5.74) is 1.14. The Balaban J connectivity index is 0.00000312. The molecule has 0 spiro atoms. The van der Waals surface area contributed by atoms with Crippen molar-refractivity contribution in [3.63, 3.8) is 0 Å². The SMILES string of the molecule is O=C(CCCCc1ccc(Oc2ccccc2)cc1)CP(=O)(O)O.[KH].[KH]. The van der Waals surface area contributed by atoms with Crippen molar-refractivity contribution in [2.24, 2.45) is 0 Å². The molecular formula is C18H23K2O5P.